The number of carbonyl (C=O) groups excluding carboxylic acids is 1. The van der Waals surface area contributed by atoms with E-state index in [-0.39, 0.29) is 16.9 Å². The lowest BCUT2D eigenvalue weighted by molar-refractivity contribution is 0.0968. The van der Waals surface area contributed by atoms with E-state index in [0.29, 0.717) is 32.9 Å². The minimum atomic E-state index is -0.365. The van der Waals surface area contributed by atoms with Crippen LogP contribution in [0, 0.1) is 11.3 Å². The molecule has 5 nitrogen and oxygen atoms in total. The topological polar surface area (TPSA) is 67.8 Å². The van der Waals surface area contributed by atoms with Gasteiger partial charge in [0.2, 0.25) is 5.43 Å². The van der Waals surface area contributed by atoms with Crippen molar-refractivity contribution in [1.29, 1.82) is 5.26 Å². The SMILES string of the molecule is N#Cc1ccc2c(c1)c(=O)c1c(n2-c2ccc(Cl)cc2)-c2cccn2C1=O. The van der Waals surface area contributed by atoms with Crippen LogP contribution in [0.5, 0.6) is 0 Å². The Bertz CT molecular complexity index is 1370. The Morgan fingerprint density at radius 1 is 1.00 bits per heavy atom. The summed E-state index contributed by atoms with van der Waals surface area (Å²) in [5.41, 5.74) is 2.73. The van der Waals surface area contributed by atoms with Crippen LogP contribution in [0.15, 0.2) is 65.6 Å². The van der Waals surface area contributed by atoms with Crippen LogP contribution >= 0.6 is 11.6 Å². The number of fused-ring (bicyclic) bond motifs is 4. The van der Waals surface area contributed by atoms with Gasteiger partial charge in [-0.3, -0.25) is 14.2 Å². The first-order valence-corrected chi connectivity index (χ1v) is 8.59. The fourth-order valence-electron chi connectivity index (χ4n) is 3.63. The average Bonchev–Trinajstić information content (AvgIpc) is 3.26. The average molecular weight is 372 g/mol. The van der Waals surface area contributed by atoms with E-state index < -0.39 is 0 Å². The second-order valence-corrected chi connectivity index (χ2v) is 6.71. The molecule has 0 unspecified atom stereocenters. The van der Waals surface area contributed by atoms with E-state index in [1.807, 2.05) is 28.8 Å². The van der Waals surface area contributed by atoms with Gasteiger partial charge in [0.25, 0.3) is 5.91 Å². The van der Waals surface area contributed by atoms with Gasteiger partial charge in [-0.2, -0.15) is 5.26 Å². The molecular weight excluding hydrogens is 362 g/mol. The van der Waals surface area contributed by atoms with Crippen LogP contribution in [0.4, 0.5) is 0 Å². The number of aromatic nitrogens is 2. The maximum absolute atomic E-state index is 13.1. The van der Waals surface area contributed by atoms with E-state index in [9.17, 15) is 14.9 Å². The van der Waals surface area contributed by atoms with Gasteiger partial charge in [-0.15, -0.1) is 0 Å². The summed E-state index contributed by atoms with van der Waals surface area (Å²) in [7, 11) is 0. The Kier molecular flexibility index (Phi) is 3.15. The second kappa shape index (κ2) is 5.44. The molecule has 4 aromatic rings. The van der Waals surface area contributed by atoms with Crippen molar-refractivity contribution in [3.05, 3.63) is 87.2 Å². The molecule has 2 aromatic heterocycles. The highest BCUT2D eigenvalue weighted by Gasteiger charge is 2.33. The number of benzene rings is 2. The molecule has 0 radical (unpaired) electrons. The molecule has 27 heavy (non-hydrogen) atoms. The molecule has 1 aliphatic heterocycles. The Labute approximate surface area is 158 Å². The maximum Gasteiger partial charge on any atom is 0.268 e. The highest BCUT2D eigenvalue weighted by molar-refractivity contribution is 6.30. The molecule has 0 atom stereocenters. The van der Waals surface area contributed by atoms with Crippen molar-refractivity contribution in [2.75, 3.05) is 0 Å². The Morgan fingerprint density at radius 2 is 1.78 bits per heavy atom. The van der Waals surface area contributed by atoms with Crippen LogP contribution in [0.3, 0.4) is 0 Å². The lowest BCUT2D eigenvalue weighted by Crippen LogP contribution is -2.19. The van der Waals surface area contributed by atoms with Crippen LogP contribution in [-0.2, 0) is 0 Å². The predicted molar refractivity (Wildman–Crippen MR) is 102 cm³/mol. The molecule has 5 rings (SSSR count). The minimum absolute atomic E-state index is 0.114. The van der Waals surface area contributed by atoms with Gasteiger partial charge in [0.05, 0.1) is 28.5 Å². The van der Waals surface area contributed by atoms with Gasteiger partial charge in [0, 0.05) is 22.3 Å². The number of carbonyl (C=O) groups is 1. The smallest absolute Gasteiger partial charge is 0.268 e. The monoisotopic (exact) mass is 371 g/mol. The van der Waals surface area contributed by atoms with Crippen LogP contribution < -0.4 is 5.43 Å². The molecule has 6 heteroatoms. The van der Waals surface area contributed by atoms with E-state index in [0.717, 1.165) is 5.69 Å². The molecular formula is C21H10ClN3O2. The Hall–Kier alpha value is -3.62. The Morgan fingerprint density at radius 3 is 2.52 bits per heavy atom. The van der Waals surface area contributed by atoms with Gasteiger partial charge >= 0.3 is 0 Å². The van der Waals surface area contributed by atoms with Crippen molar-refractivity contribution in [3.8, 4) is 23.1 Å². The molecule has 0 saturated carbocycles. The molecule has 0 amide bonds. The van der Waals surface area contributed by atoms with E-state index in [2.05, 4.69) is 0 Å². The Balaban J connectivity index is 2.02. The van der Waals surface area contributed by atoms with Crippen molar-refractivity contribution in [2.45, 2.75) is 0 Å². The molecule has 128 valence electrons. The van der Waals surface area contributed by atoms with Gasteiger partial charge in [0.1, 0.15) is 5.56 Å². The zero-order valence-corrected chi connectivity index (χ0v) is 14.6. The lowest BCUT2D eigenvalue weighted by atomic mass is 10.0. The van der Waals surface area contributed by atoms with Crippen molar-refractivity contribution >= 4 is 28.4 Å². The first-order valence-electron chi connectivity index (χ1n) is 8.21. The summed E-state index contributed by atoms with van der Waals surface area (Å²) in [5, 5.41) is 10.1. The summed E-state index contributed by atoms with van der Waals surface area (Å²) in [5.74, 6) is -0.359. The zero-order valence-electron chi connectivity index (χ0n) is 13.8. The molecule has 0 bridgehead atoms. The van der Waals surface area contributed by atoms with Crippen molar-refractivity contribution < 1.29 is 4.79 Å². The van der Waals surface area contributed by atoms with E-state index in [4.69, 9.17) is 11.6 Å². The standard InChI is InChI=1S/C21H10ClN3O2/c22-13-4-6-14(7-5-13)25-16-8-3-12(11-23)10-15(16)20(26)18-19(25)17-2-1-9-24(17)21(18)27/h1-10H. The summed E-state index contributed by atoms with van der Waals surface area (Å²) < 4.78 is 3.35. The van der Waals surface area contributed by atoms with E-state index >= 15 is 0 Å². The number of hydrogen-bond donors (Lipinski definition) is 0. The van der Waals surface area contributed by atoms with E-state index in [1.54, 1.807) is 36.5 Å². The normalized spacial score (nSPS) is 12.1. The summed E-state index contributed by atoms with van der Waals surface area (Å²) in [6, 6.07) is 17.7. The number of rotatable bonds is 1. The van der Waals surface area contributed by atoms with Gasteiger partial charge in [0.15, 0.2) is 0 Å². The minimum Gasteiger partial charge on any atom is -0.307 e. The van der Waals surface area contributed by atoms with Crippen molar-refractivity contribution in [2.24, 2.45) is 0 Å². The third-order valence-corrected chi connectivity index (χ3v) is 5.06. The first kappa shape index (κ1) is 15.6. The maximum atomic E-state index is 13.1. The molecule has 3 heterocycles. The van der Waals surface area contributed by atoms with Gasteiger partial charge < -0.3 is 4.57 Å². The van der Waals surface area contributed by atoms with Gasteiger partial charge in [-0.05, 0) is 54.6 Å². The molecule has 0 aliphatic carbocycles. The third kappa shape index (κ3) is 2.05. The number of pyridine rings is 1. The number of nitriles is 1. The van der Waals surface area contributed by atoms with E-state index in [1.165, 1.54) is 10.6 Å². The van der Waals surface area contributed by atoms with Gasteiger partial charge in [-0.1, -0.05) is 11.6 Å². The number of nitrogens with zero attached hydrogens (tertiary/aromatic N) is 3. The van der Waals surface area contributed by atoms with Crippen LogP contribution in [0.2, 0.25) is 5.02 Å². The highest BCUT2D eigenvalue weighted by Crippen LogP contribution is 2.35. The first-order chi connectivity index (χ1) is 13.1. The fourth-order valence-corrected chi connectivity index (χ4v) is 3.75. The lowest BCUT2D eigenvalue weighted by Gasteiger charge is -2.16. The molecule has 1 aliphatic rings. The molecule has 2 aromatic carbocycles. The predicted octanol–water partition coefficient (Wildman–Crippen LogP) is 3.99. The van der Waals surface area contributed by atoms with Crippen LogP contribution in [-0.4, -0.2) is 15.0 Å². The summed E-state index contributed by atoms with van der Waals surface area (Å²) in [4.78, 5) is 26.0. The number of hydrogen-bond acceptors (Lipinski definition) is 3. The van der Waals surface area contributed by atoms with Crippen LogP contribution in [0.1, 0.15) is 15.9 Å². The molecule has 0 N–H and O–H groups in total. The van der Waals surface area contributed by atoms with Crippen molar-refractivity contribution in [3.63, 3.8) is 0 Å². The van der Waals surface area contributed by atoms with Crippen molar-refractivity contribution in [1.82, 2.24) is 9.13 Å². The summed E-state index contributed by atoms with van der Waals surface area (Å²) in [6.45, 7) is 0. The highest BCUT2D eigenvalue weighted by atomic mass is 35.5. The van der Waals surface area contributed by atoms with Gasteiger partial charge in [-0.25, -0.2) is 0 Å². The fraction of sp³-hybridized carbons (Fsp3) is 0. The molecule has 0 fully saturated rings. The number of halogens is 1. The summed E-state index contributed by atoms with van der Waals surface area (Å²) in [6.07, 6.45) is 1.65. The largest absolute Gasteiger partial charge is 0.307 e. The summed E-state index contributed by atoms with van der Waals surface area (Å²) >= 11 is 6.03. The second-order valence-electron chi connectivity index (χ2n) is 6.28. The third-order valence-electron chi connectivity index (χ3n) is 4.81. The zero-order chi connectivity index (χ0) is 18.7. The van der Waals surface area contributed by atoms with Crippen LogP contribution in [0.25, 0.3) is 28.0 Å². The molecule has 0 spiro atoms. The quantitative estimate of drug-likeness (QED) is 0.447. The molecule has 0 saturated heterocycles.